The monoisotopic (exact) mass is 538 g/mol. The highest BCUT2D eigenvalue weighted by Gasteiger charge is 2.37. The number of amides is 2. The zero-order valence-corrected chi connectivity index (χ0v) is 21.3. The van der Waals surface area contributed by atoms with Crippen LogP contribution < -0.4 is 20.0 Å². The van der Waals surface area contributed by atoms with Crippen LogP contribution in [0.2, 0.25) is 5.02 Å². The van der Waals surface area contributed by atoms with Gasteiger partial charge in [0, 0.05) is 55.2 Å². The minimum atomic E-state index is -0.915. The van der Waals surface area contributed by atoms with Gasteiger partial charge in [-0.15, -0.1) is 0 Å². The van der Waals surface area contributed by atoms with Crippen LogP contribution in [-0.4, -0.2) is 54.9 Å². The largest absolute Gasteiger partial charge is 0.395 e. The molecular weight excluding hydrogens is 514 g/mol. The molecule has 38 heavy (non-hydrogen) atoms. The van der Waals surface area contributed by atoms with Crippen LogP contribution in [0.5, 0.6) is 0 Å². The van der Waals surface area contributed by atoms with Crippen molar-refractivity contribution >= 4 is 40.5 Å². The van der Waals surface area contributed by atoms with Gasteiger partial charge < -0.3 is 15.3 Å². The molecule has 0 spiro atoms. The third kappa shape index (κ3) is 4.53. The topological polar surface area (TPSA) is 95.7 Å². The van der Waals surface area contributed by atoms with E-state index in [0.717, 1.165) is 11.3 Å². The van der Waals surface area contributed by atoms with E-state index in [1.807, 2.05) is 11.0 Å². The van der Waals surface area contributed by atoms with Gasteiger partial charge in [0.25, 0.3) is 0 Å². The van der Waals surface area contributed by atoms with Gasteiger partial charge in [-0.2, -0.15) is 5.26 Å². The van der Waals surface area contributed by atoms with E-state index in [1.165, 1.54) is 29.3 Å². The first-order valence-electron chi connectivity index (χ1n) is 12.3. The van der Waals surface area contributed by atoms with Crippen molar-refractivity contribution in [2.24, 2.45) is 0 Å². The van der Waals surface area contributed by atoms with E-state index in [0.29, 0.717) is 47.3 Å². The van der Waals surface area contributed by atoms with E-state index in [9.17, 15) is 10.1 Å². The van der Waals surface area contributed by atoms with Gasteiger partial charge in [-0.3, -0.25) is 9.80 Å². The molecule has 11 heteroatoms. The highest BCUT2D eigenvalue weighted by Crippen LogP contribution is 2.46. The van der Waals surface area contributed by atoms with Crippen LogP contribution in [0.1, 0.15) is 18.9 Å². The third-order valence-electron chi connectivity index (χ3n) is 6.81. The maximum atomic E-state index is 15.8. The van der Waals surface area contributed by atoms with Crippen molar-refractivity contribution in [2.75, 3.05) is 47.5 Å². The Morgan fingerprint density at radius 3 is 2.66 bits per heavy atom. The summed E-state index contributed by atoms with van der Waals surface area (Å²) < 4.78 is 31.7. The molecule has 2 amide bonds. The Balaban J connectivity index is 1.63. The third-order valence-corrected chi connectivity index (χ3v) is 7.02. The Bertz CT molecular complexity index is 1420. The maximum Gasteiger partial charge on any atom is 0.334 e. The lowest BCUT2D eigenvalue weighted by atomic mass is 10.0. The summed E-state index contributed by atoms with van der Waals surface area (Å²) in [5.74, 6) is -1.53. The lowest BCUT2D eigenvalue weighted by Crippen LogP contribution is -2.41. The number of hydrogen-bond donors (Lipinski definition) is 2. The van der Waals surface area contributed by atoms with Crippen LogP contribution in [0.4, 0.5) is 36.5 Å². The number of anilines is 4. The molecule has 2 aliphatic heterocycles. The molecule has 5 rings (SSSR count). The minimum Gasteiger partial charge on any atom is -0.395 e. The average Bonchev–Trinajstić information content (AvgIpc) is 3.36. The Morgan fingerprint density at radius 1 is 1.21 bits per heavy atom. The number of nitrogens with zero attached hydrogens (tertiary/aromatic N) is 5. The summed E-state index contributed by atoms with van der Waals surface area (Å²) in [4.78, 5) is 22.4. The SMILES string of the molecule is CCN1C(=O)N(c2c(F)cc(N3CCC(NCCO)C3)cc2F)c2cc(C#N)ccc2-c2cc(Cl)cnc21. The van der Waals surface area contributed by atoms with E-state index >= 15 is 8.78 Å². The van der Waals surface area contributed by atoms with Crippen molar-refractivity contribution < 1.29 is 18.7 Å². The summed E-state index contributed by atoms with van der Waals surface area (Å²) in [5.41, 5.74) is 1.15. The van der Waals surface area contributed by atoms with Crippen molar-refractivity contribution in [1.82, 2.24) is 10.3 Å². The average molecular weight is 539 g/mol. The molecule has 0 radical (unpaired) electrons. The molecule has 2 N–H and O–H groups in total. The molecule has 196 valence electrons. The van der Waals surface area contributed by atoms with E-state index in [4.69, 9.17) is 16.7 Å². The molecule has 2 aliphatic rings. The number of fused-ring (bicyclic) bond motifs is 3. The van der Waals surface area contributed by atoms with Crippen molar-refractivity contribution in [3.8, 4) is 17.2 Å². The Labute approximate surface area is 223 Å². The summed E-state index contributed by atoms with van der Waals surface area (Å²) in [7, 11) is 0. The fourth-order valence-electron chi connectivity index (χ4n) is 5.05. The minimum absolute atomic E-state index is 0.00762. The normalized spacial score (nSPS) is 16.8. The molecule has 1 aromatic heterocycles. The number of aliphatic hydroxyl groups is 1. The molecule has 2 aromatic carbocycles. The summed E-state index contributed by atoms with van der Waals surface area (Å²) in [6, 6.07) is 10.1. The smallest absolute Gasteiger partial charge is 0.334 e. The van der Waals surface area contributed by atoms with Crippen LogP contribution in [-0.2, 0) is 0 Å². The van der Waals surface area contributed by atoms with E-state index in [2.05, 4.69) is 10.3 Å². The number of nitrogens with one attached hydrogen (secondary N) is 1. The quantitative estimate of drug-likeness (QED) is 0.467. The van der Waals surface area contributed by atoms with Gasteiger partial charge in [-0.25, -0.2) is 18.6 Å². The standard InChI is InChI=1S/C27H25ClF2N6O2/c1-2-35-26-21(10-17(28)14-33-26)20-4-3-16(13-31)9-24(20)36(27(35)38)25-22(29)11-19(12-23(25)30)34-7-5-18(15-34)32-6-8-37/h3-4,9-12,14,18,32,37H,2,5-8,15H2,1H3. The Kier molecular flexibility index (Phi) is 7.17. The fourth-order valence-corrected chi connectivity index (χ4v) is 5.21. The molecule has 0 saturated carbocycles. The lowest BCUT2D eigenvalue weighted by molar-refractivity contribution is 0.253. The first kappa shape index (κ1) is 25.9. The highest BCUT2D eigenvalue weighted by atomic mass is 35.5. The first-order valence-corrected chi connectivity index (χ1v) is 12.6. The van der Waals surface area contributed by atoms with Crippen molar-refractivity contribution in [3.05, 3.63) is 64.8 Å². The van der Waals surface area contributed by atoms with Gasteiger partial charge in [0.1, 0.15) is 11.5 Å². The molecule has 3 heterocycles. The van der Waals surface area contributed by atoms with Gasteiger partial charge in [-0.1, -0.05) is 17.7 Å². The number of aromatic nitrogens is 1. The molecular formula is C27H25ClF2N6O2. The van der Waals surface area contributed by atoms with Crippen molar-refractivity contribution in [2.45, 2.75) is 19.4 Å². The molecule has 1 fully saturated rings. The number of rotatable bonds is 6. The number of hydrogen-bond acceptors (Lipinski definition) is 6. The molecule has 3 aromatic rings. The van der Waals surface area contributed by atoms with E-state index in [-0.39, 0.29) is 30.4 Å². The van der Waals surface area contributed by atoms with Crippen LogP contribution in [0.3, 0.4) is 0 Å². The Morgan fingerprint density at radius 2 is 1.97 bits per heavy atom. The predicted octanol–water partition coefficient (Wildman–Crippen LogP) is 4.81. The second kappa shape index (κ2) is 10.5. The van der Waals surface area contributed by atoms with Gasteiger partial charge in [0.05, 0.1) is 28.9 Å². The number of nitriles is 1. The number of pyridine rings is 1. The van der Waals surface area contributed by atoms with Crippen molar-refractivity contribution in [1.29, 1.82) is 5.26 Å². The number of carbonyl (C=O) groups is 1. The first-order chi connectivity index (χ1) is 18.4. The van der Waals surface area contributed by atoms with Crippen LogP contribution in [0, 0.1) is 23.0 Å². The number of halogens is 3. The van der Waals surface area contributed by atoms with Crippen molar-refractivity contribution in [3.63, 3.8) is 0 Å². The second-order valence-corrected chi connectivity index (χ2v) is 9.53. The number of aliphatic hydroxyl groups excluding tert-OH is 1. The van der Waals surface area contributed by atoms with Crippen LogP contribution in [0.15, 0.2) is 42.6 Å². The predicted molar refractivity (Wildman–Crippen MR) is 142 cm³/mol. The zero-order valence-electron chi connectivity index (χ0n) is 20.6. The highest BCUT2D eigenvalue weighted by molar-refractivity contribution is 6.31. The molecule has 1 atom stereocenters. The van der Waals surface area contributed by atoms with E-state index < -0.39 is 23.4 Å². The van der Waals surface area contributed by atoms with Gasteiger partial charge >= 0.3 is 6.03 Å². The molecule has 8 nitrogen and oxygen atoms in total. The summed E-state index contributed by atoms with van der Waals surface area (Å²) in [6.45, 7) is 3.47. The number of carbonyl (C=O) groups excluding carboxylic acids is 1. The lowest BCUT2D eigenvalue weighted by Gasteiger charge is -2.29. The fraction of sp³-hybridized carbons (Fsp3) is 0.296. The van der Waals surface area contributed by atoms with Crippen LogP contribution >= 0.6 is 11.6 Å². The summed E-state index contributed by atoms with van der Waals surface area (Å²) >= 11 is 6.23. The molecule has 0 aliphatic carbocycles. The summed E-state index contributed by atoms with van der Waals surface area (Å²) in [6.07, 6.45) is 2.17. The second-order valence-electron chi connectivity index (χ2n) is 9.10. The van der Waals surface area contributed by atoms with Gasteiger partial charge in [-0.05, 0) is 43.7 Å². The number of benzene rings is 2. The zero-order chi connectivity index (χ0) is 27.0. The number of urea groups is 1. The summed E-state index contributed by atoms with van der Waals surface area (Å²) in [5, 5.41) is 22.1. The maximum absolute atomic E-state index is 15.8. The molecule has 1 unspecified atom stereocenters. The van der Waals surface area contributed by atoms with E-state index in [1.54, 1.807) is 25.1 Å². The van der Waals surface area contributed by atoms with Crippen LogP contribution in [0.25, 0.3) is 11.1 Å². The molecule has 1 saturated heterocycles. The molecule has 0 bridgehead atoms. The van der Waals surface area contributed by atoms with Gasteiger partial charge in [0.2, 0.25) is 0 Å². The van der Waals surface area contributed by atoms with Gasteiger partial charge in [0.15, 0.2) is 11.6 Å². The Hall–Kier alpha value is -3.78.